The minimum absolute atomic E-state index is 0.0139. The third kappa shape index (κ3) is 6.51. The molecule has 0 aliphatic rings. The van der Waals surface area contributed by atoms with Gasteiger partial charge in [0.05, 0.1) is 27.0 Å². The Balaban J connectivity index is 2.46. The molecule has 1 N–H and O–H groups in total. The van der Waals surface area contributed by atoms with E-state index in [-0.39, 0.29) is 33.2 Å². The van der Waals surface area contributed by atoms with Crippen LogP contribution in [0.5, 0.6) is 0 Å². The summed E-state index contributed by atoms with van der Waals surface area (Å²) in [5, 5.41) is 2.77. The Labute approximate surface area is 203 Å². The minimum Gasteiger partial charge on any atom is -0.357 e. The van der Waals surface area contributed by atoms with Gasteiger partial charge in [-0.05, 0) is 31.5 Å². The zero-order valence-corrected chi connectivity index (χ0v) is 21.1. The van der Waals surface area contributed by atoms with E-state index in [1.54, 1.807) is 6.92 Å². The summed E-state index contributed by atoms with van der Waals surface area (Å²) in [6.45, 7) is 3.02. The van der Waals surface area contributed by atoms with Crippen LogP contribution in [0.1, 0.15) is 18.1 Å². The number of nitrogens with one attached hydrogen (secondary N) is 1. The Kier molecular flexibility index (Phi) is 8.82. The van der Waals surface area contributed by atoms with Gasteiger partial charge in [0.15, 0.2) is 0 Å². The van der Waals surface area contributed by atoms with Gasteiger partial charge in [0.1, 0.15) is 12.6 Å². The van der Waals surface area contributed by atoms with Crippen LogP contribution in [-0.2, 0) is 26.2 Å². The highest BCUT2D eigenvalue weighted by atomic mass is 35.5. The van der Waals surface area contributed by atoms with Gasteiger partial charge in [0.2, 0.25) is 21.8 Å². The van der Waals surface area contributed by atoms with Crippen LogP contribution >= 0.6 is 34.8 Å². The van der Waals surface area contributed by atoms with Crippen molar-refractivity contribution in [1.82, 2.24) is 10.2 Å². The molecule has 1 atom stereocenters. The number of sulfonamides is 1. The quantitative estimate of drug-likeness (QED) is 0.535. The second-order valence-electron chi connectivity index (χ2n) is 7.29. The molecule has 0 saturated carbocycles. The molecule has 2 aromatic rings. The van der Waals surface area contributed by atoms with Gasteiger partial charge in [-0.15, -0.1) is 0 Å². The van der Waals surface area contributed by atoms with Crippen molar-refractivity contribution in [1.29, 1.82) is 0 Å². The number of carbonyl (C=O) groups is 2. The van der Waals surface area contributed by atoms with Gasteiger partial charge >= 0.3 is 0 Å². The van der Waals surface area contributed by atoms with E-state index in [1.165, 1.54) is 24.1 Å². The number of halogens is 3. The molecule has 0 fully saturated rings. The Hall–Kier alpha value is -2.00. The van der Waals surface area contributed by atoms with E-state index in [4.69, 9.17) is 34.8 Å². The van der Waals surface area contributed by atoms with Crippen molar-refractivity contribution in [3.8, 4) is 0 Å². The first kappa shape index (κ1) is 26.3. The van der Waals surface area contributed by atoms with E-state index >= 15 is 0 Å². The van der Waals surface area contributed by atoms with Gasteiger partial charge in [-0.25, -0.2) is 8.42 Å². The molecule has 0 aliphatic heterocycles. The second-order valence-corrected chi connectivity index (χ2v) is 10.4. The molecule has 0 saturated heterocycles. The zero-order chi connectivity index (χ0) is 24.2. The molecule has 0 radical (unpaired) electrons. The summed E-state index contributed by atoms with van der Waals surface area (Å²) in [6.07, 6.45) is 0.951. The second kappa shape index (κ2) is 10.7. The number of amides is 2. The average Bonchev–Trinajstić information content (AvgIpc) is 2.71. The number of benzene rings is 2. The number of hydrogen-bond acceptors (Lipinski definition) is 4. The molecule has 2 aromatic carbocycles. The summed E-state index contributed by atoms with van der Waals surface area (Å²) in [6, 6.07) is 9.22. The van der Waals surface area contributed by atoms with E-state index in [2.05, 4.69) is 5.32 Å². The monoisotopic (exact) mass is 519 g/mol. The summed E-state index contributed by atoms with van der Waals surface area (Å²) >= 11 is 18.2. The largest absolute Gasteiger partial charge is 0.357 e. The van der Waals surface area contributed by atoms with Crippen molar-refractivity contribution in [3.05, 3.63) is 62.6 Å². The maximum absolute atomic E-state index is 13.3. The summed E-state index contributed by atoms with van der Waals surface area (Å²) in [5.74, 6) is -0.973. The number of likely N-dealkylation sites (N-methyl/N-ethyl adjacent to an activating group) is 1. The van der Waals surface area contributed by atoms with Gasteiger partial charge in [-0.2, -0.15) is 0 Å². The van der Waals surface area contributed by atoms with Crippen LogP contribution in [-0.4, -0.2) is 51.0 Å². The third-order valence-electron chi connectivity index (χ3n) is 4.79. The lowest BCUT2D eigenvalue weighted by atomic mass is 10.1. The number of nitrogens with zero attached hydrogens (tertiary/aromatic N) is 2. The van der Waals surface area contributed by atoms with Gasteiger partial charge in [-0.3, -0.25) is 13.9 Å². The SMILES string of the molecule is CNC(=O)[C@@H](C)N(Cc1cccc(C)c1)C(=O)CN(c1cc(Cl)c(Cl)cc1Cl)S(C)(=O)=O. The van der Waals surface area contributed by atoms with E-state index in [1.807, 2.05) is 31.2 Å². The first-order valence-electron chi connectivity index (χ1n) is 9.54. The summed E-state index contributed by atoms with van der Waals surface area (Å²) in [4.78, 5) is 27.0. The normalized spacial score (nSPS) is 12.2. The van der Waals surface area contributed by atoms with Crippen LogP contribution in [0, 0.1) is 6.92 Å². The highest BCUT2D eigenvalue weighted by Gasteiger charge is 2.30. The van der Waals surface area contributed by atoms with Crippen molar-refractivity contribution in [3.63, 3.8) is 0 Å². The molecular weight excluding hydrogens is 497 g/mol. The Morgan fingerprint density at radius 1 is 1.06 bits per heavy atom. The highest BCUT2D eigenvalue weighted by Crippen LogP contribution is 2.35. The molecule has 2 amide bonds. The number of carbonyl (C=O) groups excluding carboxylic acids is 2. The molecule has 0 aliphatic carbocycles. The molecule has 7 nitrogen and oxygen atoms in total. The van der Waals surface area contributed by atoms with Gasteiger partial charge in [-0.1, -0.05) is 64.6 Å². The smallest absolute Gasteiger partial charge is 0.244 e. The Morgan fingerprint density at radius 3 is 2.25 bits per heavy atom. The molecule has 11 heteroatoms. The van der Waals surface area contributed by atoms with Gasteiger partial charge in [0, 0.05) is 13.6 Å². The minimum atomic E-state index is -3.93. The van der Waals surface area contributed by atoms with E-state index in [0.29, 0.717) is 0 Å². The van der Waals surface area contributed by atoms with E-state index in [9.17, 15) is 18.0 Å². The molecule has 32 heavy (non-hydrogen) atoms. The zero-order valence-electron chi connectivity index (χ0n) is 18.0. The molecule has 0 heterocycles. The maximum atomic E-state index is 13.3. The van der Waals surface area contributed by atoms with Crippen LogP contribution in [0.4, 0.5) is 5.69 Å². The van der Waals surface area contributed by atoms with Crippen LogP contribution in [0.3, 0.4) is 0 Å². The molecule has 174 valence electrons. The molecular formula is C21H24Cl3N3O4S. The number of anilines is 1. The topological polar surface area (TPSA) is 86.8 Å². The van der Waals surface area contributed by atoms with Crippen LogP contribution in [0.15, 0.2) is 36.4 Å². The summed E-state index contributed by atoms with van der Waals surface area (Å²) < 4.78 is 25.9. The lowest BCUT2D eigenvalue weighted by Crippen LogP contribution is -2.50. The predicted octanol–water partition coefficient (Wildman–Crippen LogP) is 3.88. The van der Waals surface area contributed by atoms with E-state index < -0.39 is 28.5 Å². The average molecular weight is 521 g/mol. The number of rotatable bonds is 8. The number of hydrogen-bond donors (Lipinski definition) is 1. The number of aryl methyl sites for hydroxylation is 1. The first-order valence-corrected chi connectivity index (χ1v) is 12.5. The Morgan fingerprint density at radius 2 is 1.69 bits per heavy atom. The maximum Gasteiger partial charge on any atom is 0.244 e. The lowest BCUT2D eigenvalue weighted by molar-refractivity contribution is -0.139. The molecule has 2 rings (SSSR count). The van der Waals surface area contributed by atoms with Crippen molar-refractivity contribution in [2.45, 2.75) is 26.4 Å². The van der Waals surface area contributed by atoms with Crippen molar-refractivity contribution in [2.75, 3.05) is 24.2 Å². The van der Waals surface area contributed by atoms with Crippen molar-refractivity contribution in [2.24, 2.45) is 0 Å². The van der Waals surface area contributed by atoms with Gasteiger partial charge < -0.3 is 10.2 Å². The van der Waals surface area contributed by atoms with Gasteiger partial charge in [0.25, 0.3) is 0 Å². The standard InChI is InChI=1S/C21H24Cl3N3O4S/c1-13-6-5-7-15(8-13)11-26(14(2)21(29)25-3)20(28)12-27(32(4,30)31)19-10-17(23)16(22)9-18(19)24/h5-10,14H,11-12H2,1-4H3,(H,25,29)/t14-/m1/s1. The van der Waals surface area contributed by atoms with Crippen LogP contribution < -0.4 is 9.62 Å². The fourth-order valence-corrected chi connectivity index (χ4v) is 4.64. The third-order valence-corrected chi connectivity index (χ3v) is 6.94. The van der Waals surface area contributed by atoms with Crippen molar-refractivity contribution < 1.29 is 18.0 Å². The van der Waals surface area contributed by atoms with E-state index in [0.717, 1.165) is 21.7 Å². The molecule has 0 aromatic heterocycles. The highest BCUT2D eigenvalue weighted by molar-refractivity contribution is 7.92. The van der Waals surface area contributed by atoms with Crippen molar-refractivity contribution >= 4 is 62.3 Å². The summed E-state index contributed by atoms with van der Waals surface area (Å²) in [5.41, 5.74) is 1.80. The lowest BCUT2D eigenvalue weighted by Gasteiger charge is -2.31. The molecule has 0 bridgehead atoms. The molecule has 0 unspecified atom stereocenters. The fraction of sp³-hybridized carbons (Fsp3) is 0.333. The molecule has 0 spiro atoms. The van der Waals surface area contributed by atoms with Crippen LogP contribution in [0.2, 0.25) is 15.1 Å². The summed E-state index contributed by atoms with van der Waals surface area (Å²) in [7, 11) is -2.47. The predicted molar refractivity (Wildman–Crippen MR) is 129 cm³/mol. The Bertz CT molecular complexity index is 1130. The first-order chi connectivity index (χ1) is 14.8. The van der Waals surface area contributed by atoms with Crippen LogP contribution in [0.25, 0.3) is 0 Å². The fourth-order valence-electron chi connectivity index (χ4n) is 3.10.